The van der Waals surface area contributed by atoms with Gasteiger partial charge in [0.2, 0.25) is 11.8 Å². The number of morpholine rings is 1. The maximum Gasteiger partial charge on any atom is 0.242 e. The number of piperidine rings is 1. The third-order valence-corrected chi connectivity index (χ3v) is 4.68. The van der Waals surface area contributed by atoms with E-state index in [4.69, 9.17) is 4.74 Å². The highest BCUT2D eigenvalue weighted by Gasteiger charge is 2.35. The Morgan fingerprint density at radius 2 is 1.86 bits per heavy atom. The van der Waals surface area contributed by atoms with Crippen LogP contribution in [0.4, 0.5) is 0 Å². The summed E-state index contributed by atoms with van der Waals surface area (Å²) in [6, 6.07) is 0.00601. The number of hydrogen-bond acceptors (Lipinski definition) is 4. The molecule has 126 valence electrons. The fraction of sp³-hybridized carbons (Fsp3) is 0.867. The van der Waals surface area contributed by atoms with Crippen molar-refractivity contribution in [1.82, 2.24) is 15.5 Å². The molecule has 0 bridgehead atoms. The lowest BCUT2D eigenvalue weighted by molar-refractivity contribution is -0.140. The van der Waals surface area contributed by atoms with Crippen molar-refractivity contribution in [2.75, 3.05) is 26.2 Å². The number of amides is 2. The number of nitrogens with zero attached hydrogens (tertiary/aromatic N) is 1. The third-order valence-electron chi connectivity index (χ3n) is 4.68. The van der Waals surface area contributed by atoms with Gasteiger partial charge in [-0.2, -0.15) is 0 Å². The van der Waals surface area contributed by atoms with Gasteiger partial charge in [-0.3, -0.25) is 9.59 Å². The summed E-state index contributed by atoms with van der Waals surface area (Å²) in [4.78, 5) is 26.2. The van der Waals surface area contributed by atoms with Crippen molar-refractivity contribution < 1.29 is 14.3 Å². The molecule has 2 N–H and O–H groups in total. The average Bonchev–Trinajstić information content (AvgIpc) is 3.32. The standard InChI is InChI=1S/C15H25N3O3.ClH/c1-10-13(16-6-9-21-10)15(20)18-7-4-12(5-8-18)17-14(19)11-2-3-11;/h10-13,16H,2-9H2,1H3,(H,17,19);1H/t10-,13+;/m1./s1. The molecule has 0 unspecified atom stereocenters. The van der Waals surface area contributed by atoms with Crippen LogP contribution in [0, 0.1) is 5.92 Å². The monoisotopic (exact) mass is 331 g/mol. The van der Waals surface area contributed by atoms with Crippen LogP contribution < -0.4 is 10.6 Å². The fourth-order valence-electron chi connectivity index (χ4n) is 3.11. The zero-order chi connectivity index (χ0) is 14.8. The van der Waals surface area contributed by atoms with Crippen LogP contribution in [0.3, 0.4) is 0 Å². The Morgan fingerprint density at radius 1 is 1.18 bits per heavy atom. The zero-order valence-electron chi connectivity index (χ0n) is 13.0. The Labute approximate surface area is 137 Å². The number of nitrogens with one attached hydrogen (secondary N) is 2. The number of halogens is 1. The number of likely N-dealkylation sites (tertiary alicyclic amines) is 1. The second-order valence-corrected chi connectivity index (χ2v) is 6.39. The van der Waals surface area contributed by atoms with Crippen molar-refractivity contribution in [3.8, 4) is 0 Å². The maximum absolute atomic E-state index is 12.5. The van der Waals surface area contributed by atoms with Gasteiger partial charge >= 0.3 is 0 Å². The molecule has 1 aliphatic carbocycles. The summed E-state index contributed by atoms with van der Waals surface area (Å²) >= 11 is 0. The number of carbonyl (C=O) groups is 2. The first-order valence-electron chi connectivity index (χ1n) is 8.09. The molecule has 0 radical (unpaired) electrons. The van der Waals surface area contributed by atoms with Crippen molar-refractivity contribution in [3.63, 3.8) is 0 Å². The summed E-state index contributed by atoms with van der Waals surface area (Å²) in [7, 11) is 0. The molecule has 0 aromatic rings. The number of carbonyl (C=O) groups excluding carboxylic acids is 2. The largest absolute Gasteiger partial charge is 0.375 e. The quantitative estimate of drug-likeness (QED) is 0.780. The van der Waals surface area contributed by atoms with E-state index in [9.17, 15) is 9.59 Å². The molecule has 3 rings (SSSR count). The van der Waals surface area contributed by atoms with Gasteiger partial charge in [0.25, 0.3) is 0 Å². The van der Waals surface area contributed by atoms with Crippen molar-refractivity contribution in [2.45, 2.75) is 50.8 Å². The van der Waals surface area contributed by atoms with Crippen molar-refractivity contribution in [3.05, 3.63) is 0 Å². The van der Waals surface area contributed by atoms with Gasteiger partial charge in [0, 0.05) is 31.6 Å². The molecule has 3 aliphatic rings. The minimum Gasteiger partial charge on any atom is -0.375 e. The molecular formula is C15H26ClN3O3. The van der Waals surface area contributed by atoms with Crippen LogP contribution in [0.25, 0.3) is 0 Å². The summed E-state index contributed by atoms with van der Waals surface area (Å²) in [6.07, 6.45) is 3.71. The first-order chi connectivity index (χ1) is 10.1. The molecule has 0 aromatic carbocycles. The van der Waals surface area contributed by atoms with E-state index in [-0.39, 0.29) is 48.3 Å². The number of rotatable bonds is 3. The molecule has 3 fully saturated rings. The van der Waals surface area contributed by atoms with E-state index in [0.717, 1.165) is 45.3 Å². The molecule has 2 saturated heterocycles. The minimum atomic E-state index is -0.226. The minimum absolute atomic E-state index is 0. The lowest BCUT2D eigenvalue weighted by Gasteiger charge is -2.37. The Hall–Kier alpha value is -0.850. The summed E-state index contributed by atoms with van der Waals surface area (Å²) < 4.78 is 5.54. The van der Waals surface area contributed by atoms with Gasteiger partial charge in [0.05, 0.1) is 12.7 Å². The van der Waals surface area contributed by atoms with Gasteiger partial charge in [-0.05, 0) is 32.6 Å². The van der Waals surface area contributed by atoms with Gasteiger partial charge < -0.3 is 20.3 Å². The normalized spacial score (nSPS) is 29.6. The Kier molecular flexibility index (Phi) is 6.06. The molecule has 2 amide bonds. The van der Waals surface area contributed by atoms with Crippen LogP contribution in [0.5, 0.6) is 0 Å². The van der Waals surface area contributed by atoms with E-state index in [1.54, 1.807) is 0 Å². The molecule has 0 aromatic heterocycles. The molecule has 0 spiro atoms. The van der Waals surface area contributed by atoms with E-state index < -0.39 is 0 Å². The zero-order valence-corrected chi connectivity index (χ0v) is 13.9. The molecular weight excluding hydrogens is 306 g/mol. The van der Waals surface area contributed by atoms with Gasteiger partial charge in [-0.1, -0.05) is 0 Å². The van der Waals surface area contributed by atoms with E-state index >= 15 is 0 Å². The van der Waals surface area contributed by atoms with Crippen LogP contribution in [-0.2, 0) is 14.3 Å². The van der Waals surface area contributed by atoms with Crippen LogP contribution in [-0.4, -0.2) is 61.1 Å². The van der Waals surface area contributed by atoms with Crippen LogP contribution >= 0.6 is 12.4 Å². The molecule has 1 saturated carbocycles. The lowest BCUT2D eigenvalue weighted by Crippen LogP contribution is -2.58. The molecule has 2 heterocycles. The predicted octanol–water partition coefficient (Wildman–Crippen LogP) is 0.302. The molecule has 2 aliphatic heterocycles. The maximum atomic E-state index is 12.5. The second kappa shape index (κ2) is 7.62. The highest BCUT2D eigenvalue weighted by atomic mass is 35.5. The van der Waals surface area contributed by atoms with Gasteiger partial charge in [-0.25, -0.2) is 0 Å². The third kappa shape index (κ3) is 4.12. The Morgan fingerprint density at radius 3 is 2.45 bits per heavy atom. The topological polar surface area (TPSA) is 70.7 Å². The molecule has 7 heteroatoms. The Balaban J connectivity index is 0.00000176. The molecule has 6 nitrogen and oxygen atoms in total. The van der Waals surface area contributed by atoms with Gasteiger partial charge in [-0.15, -0.1) is 12.4 Å². The predicted molar refractivity (Wildman–Crippen MR) is 84.9 cm³/mol. The van der Waals surface area contributed by atoms with Crippen molar-refractivity contribution in [1.29, 1.82) is 0 Å². The molecule has 2 atom stereocenters. The lowest BCUT2D eigenvalue weighted by atomic mass is 10.0. The van der Waals surface area contributed by atoms with Crippen LogP contribution in [0.2, 0.25) is 0 Å². The van der Waals surface area contributed by atoms with E-state index in [0.29, 0.717) is 6.61 Å². The van der Waals surface area contributed by atoms with Crippen LogP contribution in [0.1, 0.15) is 32.6 Å². The summed E-state index contributed by atoms with van der Waals surface area (Å²) in [5, 5.41) is 6.36. The summed E-state index contributed by atoms with van der Waals surface area (Å²) in [5.41, 5.74) is 0. The van der Waals surface area contributed by atoms with E-state index in [1.807, 2.05) is 11.8 Å². The Bertz CT molecular complexity index is 409. The first kappa shape index (κ1) is 17.5. The first-order valence-corrected chi connectivity index (χ1v) is 8.09. The number of ether oxygens (including phenoxy) is 1. The SMILES string of the molecule is C[C@H]1OCCN[C@@H]1C(=O)N1CCC(NC(=O)C2CC2)CC1.Cl. The summed E-state index contributed by atoms with van der Waals surface area (Å²) in [5.74, 6) is 0.596. The second-order valence-electron chi connectivity index (χ2n) is 6.39. The summed E-state index contributed by atoms with van der Waals surface area (Å²) in [6.45, 7) is 4.78. The van der Waals surface area contributed by atoms with Gasteiger partial charge in [0.1, 0.15) is 6.04 Å². The molecule has 22 heavy (non-hydrogen) atoms. The van der Waals surface area contributed by atoms with Crippen molar-refractivity contribution in [2.24, 2.45) is 5.92 Å². The van der Waals surface area contributed by atoms with Crippen molar-refractivity contribution >= 4 is 24.2 Å². The average molecular weight is 332 g/mol. The highest BCUT2D eigenvalue weighted by molar-refractivity contribution is 5.85. The van der Waals surface area contributed by atoms with Gasteiger partial charge in [0.15, 0.2) is 0 Å². The van der Waals surface area contributed by atoms with Crippen LogP contribution in [0.15, 0.2) is 0 Å². The number of hydrogen-bond donors (Lipinski definition) is 2. The van der Waals surface area contributed by atoms with E-state index in [1.165, 1.54) is 0 Å². The fourth-order valence-corrected chi connectivity index (χ4v) is 3.11. The smallest absolute Gasteiger partial charge is 0.242 e. The highest BCUT2D eigenvalue weighted by Crippen LogP contribution is 2.29. The van der Waals surface area contributed by atoms with E-state index in [2.05, 4.69) is 10.6 Å².